The Kier molecular flexibility index (Phi) is 11.0. The second-order valence-electron chi connectivity index (χ2n) is 7.82. The van der Waals surface area contributed by atoms with Crippen LogP contribution in [0.4, 0.5) is 0 Å². The highest BCUT2D eigenvalue weighted by atomic mass is 16.4. The first-order chi connectivity index (χ1) is 15.5. The number of aromatic amines is 1. The van der Waals surface area contributed by atoms with Crippen molar-refractivity contribution < 1.29 is 34.2 Å². The molecule has 33 heavy (non-hydrogen) atoms. The highest BCUT2D eigenvalue weighted by Crippen LogP contribution is 2.08. The van der Waals surface area contributed by atoms with Crippen LogP contribution in [0.1, 0.15) is 45.7 Å². The molecule has 13 nitrogen and oxygen atoms in total. The molecule has 0 radical (unpaired) electrons. The number of nitrogens with zero attached hydrogens (tertiary/aromatic N) is 1. The van der Waals surface area contributed by atoms with Crippen LogP contribution in [0.25, 0.3) is 0 Å². The Labute approximate surface area is 190 Å². The summed E-state index contributed by atoms with van der Waals surface area (Å²) in [6.07, 6.45) is 2.94. The molecule has 5 unspecified atom stereocenters. The molecule has 0 saturated carbocycles. The fourth-order valence-corrected chi connectivity index (χ4v) is 2.86. The molecule has 13 heteroatoms. The lowest BCUT2D eigenvalue weighted by Crippen LogP contribution is -2.57. The van der Waals surface area contributed by atoms with E-state index in [4.69, 9.17) is 10.8 Å². The second kappa shape index (κ2) is 13.2. The largest absolute Gasteiger partial charge is 0.481 e. The predicted octanol–water partition coefficient (Wildman–Crippen LogP) is -1.25. The third-order valence-electron chi connectivity index (χ3n) is 5.15. The summed E-state index contributed by atoms with van der Waals surface area (Å²) in [5, 5.41) is 25.4. The van der Waals surface area contributed by atoms with Gasteiger partial charge in [0, 0.05) is 24.7 Å². The smallest absolute Gasteiger partial charge is 0.326 e. The molecule has 0 aromatic carbocycles. The highest BCUT2D eigenvalue weighted by molar-refractivity contribution is 5.94. The number of nitrogens with one attached hydrogen (secondary N) is 4. The number of aromatic nitrogens is 2. The monoisotopic (exact) mass is 468 g/mol. The first-order valence-electron chi connectivity index (χ1n) is 10.5. The number of carboxylic acid groups (broad SMARTS) is 2. The third kappa shape index (κ3) is 9.27. The zero-order valence-corrected chi connectivity index (χ0v) is 18.8. The Bertz CT molecular complexity index is 829. The molecule has 0 spiro atoms. The van der Waals surface area contributed by atoms with Crippen molar-refractivity contribution in [1.82, 2.24) is 25.9 Å². The van der Waals surface area contributed by atoms with E-state index in [1.165, 1.54) is 19.4 Å². The lowest BCUT2D eigenvalue weighted by molar-refractivity contribution is -0.143. The van der Waals surface area contributed by atoms with Crippen molar-refractivity contribution in [2.45, 2.75) is 70.6 Å². The van der Waals surface area contributed by atoms with Gasteiger partial charge in [0.1, 0.15) is 18.1 Å². The first kappa shape index (κ1) is 27.6. The van der Waals surface area contributed by atoms with Crippen LogP contribution in [0.3, 0.4) is 0 Å². The minimum Gasteiger partial charge on any atom is -0.481 e. The van der Waals surface area contributed by atoms with Crippen molar-refractivity contribution >= 4 is 29.7 Å². The number of hydrogen-bond acceptors (Lipinski definition) is 7. The minimum atomic E-state index is -1.18. The van der Waals surface area contributed by atoms with Crippen LogP contribution in [0.2, 0.25) is 0 Å². The minimum absolute atomic E-state index is 0.00217. The molecule has 0 aliphatic heterocycles. The molecular weight excluding hydrogens is 436 g/mol. The van der Waals surface area contributed by atoms with Crippen LogP contribution in [-0.4, -0.2) is 74.0 Å². The van der Waals surface area contributed by atoms with Gasteiger partial charge in [-0.25, -0.2) is 9.78 Å². The molecule has 1 rings (SSSR count). The quantitative estimate of drug-likeness (QED) is 0.173. The fourth-order valence-electron chi connectivity index (χ4n) is 2.86. The third-order valence-corrected chi connectivity index (χ3v) is 5.15. The molecule has 0 aliphatic carbocycles. The average Bonchev–Trinajstić information content (AvgIpc) is 3.27. The van der Waals surface area contributed by atoms with Gasteiger partial charge in [0.2, 0.25) is 17.7 Å². The number of H-pyrrole nitrogens is 1. The molecule has 0 fully saturated rings. The SMILES string of the molecule is CCC(C)C(NC(=O)C(C)NC(=O)C(Cc1cnc[nH]1)NC(=O)C(N)CCC(=O)O)C(=O)O. The fraction of sp³-hybridized carbons (Fsp3) is 0.600. The molecule has 8 N–H and O–H groups in total. The number of rotatable bonds is 14. The van der Waals surface area contributed by atoms with E-state index in [-0.39, 0.29) is 25.2 Å². The Balaban J connectivity index is 2.85. The zero-order chi connectivity index (χ0) is 25.1. The summed E-state index contributed by atoms with van der Waals surface area (Å²) >= 11 is 0. The molecule has 1 aromatic rings. The highest BCUT2D eigenvalue weighted by Gasteiger charge is 2.30. The van der Waals surface area contributed by atoms with Crippen LogP contribution in [0, 0.1) is 5.92 Å². The Morgan fingerprint density at radius 3 is 2.24 bits per heavy atom. The lowest BCUT2D eigenvalue weighted by atomic mass is 9.99. The van der Waals surface area contributed by atoms with Crippen molar-refractivity contribution in [3.63, 3.8) is 0 Å². The summed E-state index contributed by atoms with van der Waals surface area (Å²) in [5.41, 5.74) is 6.24. The van der Waals surface area contributed by atoms with Gasteiger partial charge in [0.05, 0.1) is 12.4 Å². The average molecular weight is 469 g/mol. The number of carbonyl (C=O) groups excluding carboxylic acids is 3. The number of amides is 3. The molecule has 1 aromatic heterocycles. The van der Waals surface area contributed by atoms with Crippen LogP contribution < -0.4 is 21.7 Å². The maximum atomic E-state index is 12.8. The maximum Gasteiger partial charge on any atom is 0.326 e. The predicted molar refractivity (Wildman–Crippen MR) is 116 cm³/mol. The summed E-state index contributed by atoms with van der Waals surface area (Å²) in [5.74, 6) is -4.75. The summed E-state index contributed by atoms with van der Waals surface area (Å²) in [6.45, 7) is 4.87. The van der Waals surface area contributed by atoms with E-state index < -0.39 is 53.8 Å². The standard InChI is InChI=1S/C20H32N6O7/c1-4-10(2)16(20(32)33)26-17(29)11(3)24-19(31)14(7-12-8-22-9-23-12)25-18(30)13(21)5-6-15(27)28/h8-11,13-14,16H,4-7,21H2,1-3H3,(H,22,23)(H,24,31)(H,25,30)(H,26,29)(H,27,28)(H,32,33). The summed E-state index contributed by atoms with van der Waals surface area (Å²) in [4.78, 5) is 66.4. The number of imidazole rings is 1. The van der Waals surface area contributed by atoms with E-state index in [0.717, 1.165) is 0 Å². The van der Waals surface area contributed by atoms with Crippen molar-refractivity contribution in [3.8, 4) is 0 Å². The van der Waals surface area contributed by atoms with E-state index >= 15 is 0 Å². The normalized spacial score (nSPS) is 15.4. The molecule has 0 bridgehead atoms. The molecular formula is C20H32N6O7. The van der Waals surface area contributed by atoms with Crippen molar-refractivity contribution in [3.05, 3.63) is 18.2 Å². The van der Waals surface area contributed by atoms with Gasteiger partial charge >= 0.3 is 11.9 Å². The van der Waals surface area contributed by atoms with Gasteiger partial charge in [-0.2, -0.15) is 0 Å². The summed E-state index contributed by atoms with van der Waals surface area (Å²) in [7, 11) is 0. The Morgan fingerprint density at radius 2 is 1.73 bits per heavy atom. The van der Waals surface area contributed by atoms with Crippen LogP contribution in [0.5, 0.6) is 0 Å². The van der Waals surface area contributed by atoms with E-state index in [1.807, 2.05) is 0 Å². The molecule has 0 aliphatic rings. The van der Waals surface area contributed by atoms with Gasteiger partial charge in [0.15, 0.2) is 0 Å². The number of nitrogens with two attached hydrogens (primary N) is 1. The van der Waals surface area contributed by atoms with Gasteiger partial charge in [-0.3, -0.25) is 19.2 Å². The molecule has 0 saturated heterocycles. The summed E-state index contributed by atoms with van der Waals surface area (Å²) in [6, 6.07) is -4.50. The Morgan fingerprint density at radius 1 is 1.06 bits per heavy atom. The zero-order valence-electron chi connectivity index (χ0n) is 18.8. The van der Waals surface area contributed by atoms with E-state index in [0.29, 0.717) is 12.1 Å². The maximum absolute atomic E-state index is 12.8. The molecule has 3 amide bonds. The topological polar surface area (TPSA) is 217 Å². The van der Waals surface area contributed by atoms with Gasteiger partial charge in [-0.15, -0.1) is 0 Å². The van der Waals surface area contributed by atoms with Crippen molar-refractivity contribution in [2.75, 3.05) is 0 Å². The second-order valence-corrected chi connectivity index (χ2v) is 7.82. The van der Waals surface area contributed by atoms with Gasteiger partial charge in [-0.1, -0.05) is 20.3 Å². The number of carboxylic acids is 2. The molecule has 5 atom stereocenters. The van der Waals surface area contributed by atoms with Crippen molar-refractivity contribution in [2.24, 2.45) is 11.7 Å². The van der Waals surface area contributed by atoms with Crippen LogP contribution in [0.15, 0.2) is 12.5 Å². The number of hydrogen-bond donors (Lipinski definition) is 7. The summed E-state index contributed by atoms with van der Waals surface area (Å²) < 4.78 is 0. The number of carbonyl (C=O) groups is 5. The van der Waals surface area contributed by atoms with Crippen LogP contribution in [-0.2, 0) is 30.4 Å². The van der Waals surface area contributed by atoms with Gasteiger partial charge in [0.25, 0.3) is 0 Å². The van der Waals surface area contributed by atoms with Crippen LogP contribution >= 0.6 is 0 Å². The van der Waals surface area contributed by atoms with Crippen molar-refractivity contribution in [1.29, 1.82) is 0 Å². The van der Waals surface area contributed by atoms with E-state index in [1.54, 1.807) is 13.8 Å². The van der Waals surface area contributed by atoms with E-state index in [9.17, 15) is 29.1 Å². The number of aliphatic carboxylic acids is 2. The Hall–Kier alpha value is -3.48. The lowest BCUT2D eigenvalue weighted by Gasteiger charge is -2.24. The molecule has 1 heterocycles. The first-order valence-corrected chi connectivity index (χ1v) is 10.5. The van der Waals surface area contributed by atoms with Gasteiger partial charge in [-0.05, 0) is 19.3 Å². The van der Waals surface area contributed by atoms with Gasteiger partial charge < -0.3 is 36.9 Å². The van der Waals surface area contributed by atoms with E-state index in [2.05, 4.69) is 25.9 Å². The molecule has 184 valence electrons.